The Balaban J connectivity index is 1.84. The maximum Gasteiger partial charge on any atom is 0.304 e. The second kappa shape index (κ2) is 4.48. The lowest BCUT2D eigenvalue weighted by molar-refractivity contribution is -0.126. The molecular formula is C9H11N3O3S. The predicted octanol–water partition coefficient (Wildman–Crippen LogP) is -0.811. The van der Waals surface area contributed by atoms with Gasteiger partial charge in [-0.1, -0.05) is 11.3 Å². The van der Waals surface area contributed by atoms with E-state index in [0.717, 1.165) is 11.3 Å². The number of aromatic amines is 1. The fourth-order valence-corrected chi connectivity index (χ4v) is 2.10. The van der Waals surface area contributed by atoms with E-state index in [1.165, 1.54) is 0 Å². The maximum atomic E-state index is 11.6. The van der Waals surface area contributed by atoms with Crippen LogP contribution >= 0.6 is 11.3 Å². The van der Waals surface area contributed by atoms with E-state index in [-0.39, 0.29) is 29.0 Å². The third-order valence-corrected chi connectivity index (χ3v) is 3.09. The van der Waals surface area contributed by atoms with E-state index in [4.69, 9.17) is 0 Å². The molecule has 0 bridgehead atoms. The van der Waals surface area contributed by atoms with Gasteiger partial charge >= 0.3 is 4.87 Å². The number of rotatable bonds is 3. The Kier molecular flexibility index (Phi) is 3.04. The van der Waals surface area contributed by atoms with Crippen molar-refractivity contribution < 1.29 is 9.59 Å². The molecule has 1 aliphatic rings. The third kappa shape index (κ3) is 2.48. The van der Waals surface area contributed by atoms with Crippen molar-refractivity contribution in [3.05, 3.63) is 20.7 Å². The molecule has 2 rings (SSSR count). The Hall–Kier alpha value is -1.63. The Morgan fingerprint density at radius 1 is 1.56 bits per heavy atom. The van der Waals surface area contributed by atoms with E-state index in [9.17, 15) is 14.4 Å². The molecule has 0 spiro atoms. The number of H-pyrrole nitrogens is 1. The Labute approximate surface area is 95.1 Å². The minimum atomic E-state index is -0.294. The van der Waals surface area contributed by atoms with Gasteiger partial charge in [0.15, 0.2) is 0 Å². The highest BCUT2D eigenvalue weighted by Gasteiger charge is 2.27. The summed E-state index contributed by atoms with van der Waals surface area (Å²) >= 11 is 1.06. The number of nitrogens with one attached hydrogen (secondary N) is 3. The number of carbonyl (C=O) groups is 2. The van der Waals surface area contributed by atoms with E-state index in [2.05, 4.69) is 15.6 Å². The third-order valence-electron chi connectivity index (χ3n) is 2.37. The topological polar surface area (TPSA) is 91.1 Å². The molecule has 1 aromatic heterocycles. The number of hydrogen-bond donors (Lipinski definition) is 3. The van der Waals surface area contributed by atoms with Crippen LogP contribution in [0.25, 0.3) is 0 Å². The fourth-order valence-electron chi connectivity index (χ4n) is 1.52. The van der Waals surface area contributed by atoms with Crippen molar-refractivity contribution in [2.24, 2.45) is 5.92 Å². The summed E-state index contributed by atoms with van der Waals surface area (Å²) in [6.45, 7) is 0.688. The van der Waals surface area contributed by atoms with Gasteiger partial charge in [-0.25, -0.2) is 0 Å². The zero-order valence-electron chi connectivity index (χ0n) is 8.41. The summed E-state index contributed by atoms with van der Waals surface area (Å²) in [6, 6.07) is 0. The molecule has 0 radical (unpaired) electrons. The smallest absolute Gasteiger partial charge is 0.304 e. The van der Waals surface area contributed by atoms with Crippen molar-refractivity contribution in [3.63, 3.8) is 0 Å². The van der Waals surface area contributed by atoms with E-state index < -0.39 is 0 Å². The van der Waals surface area contributed by atoms with Crippen LogP contribution in [0.1, 0.15) is 12.1 Å². The first-order chi connectivity index (χ1) is 7.65. The summed E-state index contributed by atoms with van der Waals surface area (Å²) in [4.78, 5) is 35.8. The molecule has 7 heteroatoms. The quantitative estimate of drug-likeness (QED) is 0.646. The summed E-state index contributed by atoms with van der Waals surface area (Å²) < 4.78 is 0. The molecule has 1 fully saturated rings. The first-order valence-electron chi connectivity index (χ1n) is 4.86. The lowest BCUT2D eigenvalue weighted by Crippen LogP contribution is -2.31. The molecule has 1 aromatic rings. The fraction of sp³-hybridized carbons (Fsp3) is 0.444. The van der Waals surface area contributed by atoms with Crippen molar-refractivity contribution in [2.75, 3.05) is 6.54 Å². The second-order valence-electron chi connectivity index (χ2n) is 3.60. The van der Waals surface area contributed by atoms with Crippen LogP contribution in [-0.4, -0.2) is 23.3 Å². The Morgan fingerprint density at radius 3 is 2.94 bits per heavy atom. The van der Waals surface area contributed by atoms with Gasteiger partial charge in [-0.2, -0.15) is 0 Å². The molecule has 1 aliphatic heterocycles. The first-order valence-corrected chi connectivity index (χ1v) is 5.74. The van der Waals surface area contributed by atoms with Gasteiger partial charge in [0.1, 0.15) is 0 Å². The van der Waals surface area contributed by atoms with E-state index in [1.807, 2.05) is 0 Å². The van der Waals surface area contributed by atoms with Crippen LogP contribution in [0.4, 0.5) is 0 Å². The summed E-state index contributed by atoms with van der Waals surface area (Å²) in [6.07, 6.45) is 0.242. The van der Waals surface area contributed by atoms with E-state index in [1.54, 1.807) is 5.38 Å². The SMILES string of the molecule is O=C1CC(C(=O)NCc2csc(=O)[nH]2)CN1. The van der Waals surface area contributed by atoms with E-state index in [0.29, 0.717) is 18.8 Å². The highest BCUT2D eigenvalue weighted by Crippen LogP contribution is 2.08. The molecule has 6 nitrogen and oxygen atoms in total. The average molecular weight is 241 g/mol. The molecule has 2 heterocycles. The standard InChI is InChI=1S/C9H11N3O3S/c13-7-1-5(2-10-7)8(14)11-3-6-4-16-9(15)12-6/h4-5H,1-3H2,(H,10,13)(H,11,14)(H,12,15). The van der Waals surface area contributed by atoms with Crippen LogP contribution in [0, 0.1) is 5.92 Å². The first kappa shape index (κ1) is 10.9. The number of thiazole rings is 1. The van der Waals surface area contributed by atoms with Crippen LogP contribution in [0.2, 0.25) is 0 Å². The minimum absolute atomic E-state index is 0.0934. The molecule has 2 amide bonds. The largest absolute Gasteiger partial charge is 0.355 e. The van der Waals surface area contributed by atoms with Gasteiger partial charge in [-0.05, 0) is 0 Å². The molecule has 0 saturated carbocycles. The Morgan fingerprint density at radius 2 is 2.38 bits per heavy atom. The van der Waals surface area contributed by atoms with Crippen LogP contribution in [-0.2, 0) is 16.1 Å². The molecule has 1 unspecified atom stereocenters. The molecule has 1 atom stereocenters. The predicted molar refractivity (Wildman–Crippen MR) is 57.9 cm³/mol. The van der Waals surface area contributed by atoms with Crippen molar-refractivity contribution in [1.82, 2.24) is 15.6 Å². The van der Waals surface area contributed by atoms with Crippen LogP contribution in [0.3, 0.4) is 0 Å². The number of amides is 2. The number of aromatic nitrogens is 1. The lowest BCUT2D eigenvalue weighted by atomic mass is 10.1. The molecule has 0 aliphatic carbocycles. The molecule has 0 aromatic carbocycles. The second-order valence-corrected chi connectivity index (χ2v) is 4.44. The summed E-state index contributed by atoms with van der Waals surface area (Å²) in [7, 11) is 0. The average Bonchev–Trinajstić information content (AvgIpc) is 2.84. The van der Waals surface area contributed by atoms with Crippen LogP contribution < -0.4 is 15.5 Å². The van der Waals surface area contributed by atoms with Gasteiger partial charge < -0.3 is 15.6 Å². The van der Waals surface area contributed by atoms with Crippen molar-refractivity contribution in [2.45, 2.75) is 13.0 Å². The van der Waals surface area contributed by atoms with Crippen molar-refractivity contribution in [1.29, 1.82) is 0 Å². The van der Waals surface area contributed by atoms with Gasteiger partial charge in [-0.15, -0.1) is 0 Å². The van der Waals surface area contributed by atoms with Crippen molar-refractivity contribution >= 4 is 23.2 Å². The number of hydrogen-bond acceptors (Lipinski definition) is 4. The zero-order valence-corrected chi connectivity index (χ0v) is 9.23. The highest BCUT2D eigenvalue weighted by atomic mass is 32.1. The Bertz CT molecular complexity index is 465. The van der Waals surface area contributed by atoms with Crippen LogP contribution in [0.15, 0.2) is 10.2 Å². The summed E-state index contributed by atoms with van der Waals surface area (Å²) in [5.41, 5.74) is 0.681. The zero-order chi connectivity index (χ0) is 11.5. The monoisotopic (exact) mass is 241 g/mol. The highest BCUT2D eigenvalue weighted by molar-refractivity contribution is 7.07. The summed E-state index contributed by atoms with van der Waals surface area (Å²) in [5.74, 6) is -0.549. The van der Waals surface area contributed by atoms with Gasteiger partial charge in [0.2, 0.25) is 11.8 Å². The van der Waals surface area contributed by atoms with Gasteiger partial charge in [0, 0.05) is 24.0 Å². The van der Waals surface area contributed by atoms with Crippen LogP contribution in [0.5, 0.6) is 0 Å². The molecule has 3 N–H and O–H groups in total. The van der Waals surface area contributed by atoms with Gasteiger partial charge in [0.05, 0.1) is 12.5 Å². The maximum absolute atomic E-state index is 11.6. The van der Waals surface area contributed by atoms with Crippen molar-refractivity contribution in [3.8, 4) is 0 Å². The van der Waals surface area contributed by atoms with E-state index >= 15 is 0 Å². The van der Waals surface area contributed by atoms with Gasteiger partial charge in [-0.3, -0.25) is 14.4 Å². The van der Waals surface area contributed by atoms with Gasteiger partial charge in [0.25, 0.3) is 0 Å². The minimum Gasteiger partial charge on any atom is -0.355 e. The lowest BCUT2D eigenvalue weighted by Gasteiger charge is -2.07. The molecular weight excluding hydrogens is 230 g/mol. The molecule has 16 heavy (non-hydrogen) atoms. The molecule has 86 valence electrons. The normalized spacial score (nSPS) is 19.5. The number of carbonyl (C=O) groups excluding carboxylic acids is 2. The molecule has 1 saturated heterocycles. The summed E-state index contributed by atoms with van der Waals surface area (Å²) in [5, 5.41) is 6.94.